The smallest absolute Gasteiger partial charge is 0.291 e. The number of benzene rings is 2. The van der Waals surface area contributed by atoms with Gasteiger partial charge in [0.05, 0.1) is 4.90 Å². The van der Waals surface area contributed by atoms with E-state index >= 15 is 0 Å². The zero-order valence-electron chi connectivity index (χ0n) is 16.0. The molecule has 3 aromatic rings. The Kier molecular flexibility index (Phi) is 5.97. The highest BCUT2D eigenvalue weighted by Gasteiger charge is 2.20. The fourth-order valence-corrected chi connectivity index (χ4v) is 4.14. The van der Waals surface area contributed by atoms with Crippen molar-refractivity contribution < 1.29 is 26.0 Å². The highest BCUT2D eigenvalue weighted by atomic mass is 32.2. The molecule has 0 bridgehead atoms. The first-order chi connectivity index (χ1) is 14.1. The summed E-state index contributed by atoms with van der Waals surface area (Å²) in [5.41, 5.74) is 1.63. The zero-order chi connectivity index (χ0) is 21.9. The van der Waals surface area contributed by atoms with Crippen LogP contribution in [0.3, 0.4) is 0 Å². The molecule has 0 aliphatic rings. The Morgan fingerprint density at radius 1 is 0.800 bits per heavy atom. The summed E-state index contributed by atoms with van der Waals surface area (Å²) in [6.45, 7) is 1.86. The third kappa shape index (κ3) is 4.87. The monoisotopic (exact) mass is 449 g/mol. The quantitative estimate of drug-likeness (QED) is 0.507. The van der Waals surface area contributed by atoms with Crippen LogP contribution >= 0.6 is 0 Å². The van der Waals surface area contributed by atoms with Crippen LogP contribution in [0.4, 0.5) is 11.4 Å². The van der Waals surface area contributed by atoms with E-state index in [-0.39, 0.29) is 15.7 Å². The second-order valence-corrected chi connectivity index (χ2v) is 9.78. The van der Waals surface area contributed by atoms with Crippen LogP contribution in [-0.4, -0.2) is 29.8 Å². The van der Waals surface area contributed by atoms with Crippen LogP contribution in [0.1, 0.15) is 16.1 Å². The van der Waals surface area contributed by atoms with Crippen molar-refractivity contribution in [2.75, 3.05) is 17.1 Å². The number of carbonyl (C=O) groups is 1. The van der Waals surface area contributed by atoms with Crippen molar-refractivity contribution in [1.29, 1.82) is 0 Å². The van der Waals surface area contributed by atoms with Crippen LogP contribution in [0.5, 0.6) is 0 Å². The summed E-state index contributed by atoms with van der Waals surface area (Å²) < 4.78 is 57.8. The van der Waals surface area contributed by atoms with Gasteiger partial charge in [0.1, 0.15) is 0 Å². The third-order valence-electron chi connectivity index (χ3n) is 4.06. The molecule has 0 saturated heterocycles. The lowest BCUT2D eigenvalue weighted by atomic mass is 10.2. The van der Waals surface area contributed by atoms with Gasteiger partial charge in [0.2, 0.25) is 5.09 Å². The summed E-state index contributed by atoms with van der Waals surface area (Å²) in [6.07, 6.45) is 0. The predicted octanol–water partition coefficient (Wildman–Crippen LogP) is 2.55. The molecule has 0 saturated carbocycles. The van der Waals surface area contributed by atoms with Gasteiger partial charge in [-0.2, -0.15) is 0 Å². The molecule has 1 aromatic heterocycles. The van der Waals surface area contributed by atoms with Crippen LogP contribution in [0.25, 0.3) is 0 Å². The van der Waals surface area contributed by atoms with Crippen LogP contribution in [0.15, 0.2) is 75.1 Å². The Labute approximate surface area is 174 Å². The van der Waals surface area contributed by atoms with Crippen LogP contribution in [0.2, 0.25) is 0 Å². The SMILES string of the molecule is CNS(=O)(=O)c1ccc(C(=O)Nc2ccc(NS(=O)(=O)c3ccc(C)cc3)cc2)o1. The number of sulfonamides is 2. The summed E-state index contributed by atoms with van der Waals surface area (Å²) in [7, 11) is -6.30. The first kappa shape index (κ1) is 21.6. The Hall–Kier alpha value is -3.15. The van der Waals surface area contributed by atoms with E-state index in [1.165, 1.54) is 55.6 Å². The maximum Gasteiger partial charge on any atom is 0.291 e. The number of nitrogens with one attached hydrogen (secondary N) is 3. The lowest BCUT2D eigenvalue weighted by molar-refractivity contribution is 0.0991. The molecule has 2 aromatic carbocycles. The van der Waals surface area contributed by atoms with Crippen molar-refractivity contribution in [3.8, 4) is 0 Å². The largest absolute Gasteiger partial charge is 0.438 e. The number of hydrogen-bond acceptors (Lipinski definition) is 6. The number of hydrogen-bond donors (Lipinski definition) is 3. The highest BCUT2D eigenvalue weighted by Crippen LogP contribution is 2.20. The molecule has 9 nitrogen and oxygen atoms in total. The van der Waals surface area contributed by atoms with E-state index in [1.807, 2.05) is 6.92 Å². The van der Waals surface area contributed by atoms with Crippen molar-refractivity contribution in [1.82, 2.24) is 4.72 Å². The van der Waals surface area contributed by atoms with Gasteiger partial charge in [-0.1, -0.05) is 17.7 Å². The van der Waals surface area contributed by atoms with Gasteiger partial charge in [0, 0.05) is 11.4 Å². The first-order valence-corrected chi connectivity index (χ1v) is 11.6. The molecule has 0 spiro atoms. The Morgan fingerprint density at radius 3 is 2.00 bits per heavy atom. The van der Waals surface area contributed by atoms with Crippen molar-refractivity contribution in [3.63, 3.8) is 0 Å². The molecule has 158 valence electrons. The topological polar surface area (TPSA) is 135 Å². The summed E-state index contributed by atoms with van der Waals surface area (Å²) in [4.78, 5) is 12.4. The maximum atomic E-state index is 12.4. The van der Waals surface area contributed by atoms with E-state index in [4.69, 9.17) is 4.42 Å². The molecule has 0 aliphatic carbocycles. The molecular formula is C19H19N3O6S2. The minimum absolute atomic E-state index is 0.135. The normalized spacial score (nSPS) is 11.8. The molecule has 30 heavy (non-hydrogen) atoms. The van der Waals surface area contributed by atoms with E-state index in [9.17, 15) is 21.6 Å². The second kappa shape index (κ2) is 8.30. The summed E-state index contributed by atoms with van der Waals surface area (Å²) in [5.74, 6) is -0.839. The molecular weight excluding hydrogens is 430 g/mol. The first-order valence-electron chi connectivity index (χ1n) is 8.65. The lowest BCUT2D eigenvalue weighted by Gasteiger charge is -2.09. The average Bonchev–Trinajstić information content (AvgIpc) is 3.21. The van der Waals surface area contributed by atoms with Crippen LogP contribution in [0, 0.1) is 6.92 Å². The van der Waals surface area contributed by atoms with Gasteiger partial charge in [-0.05, 0) is 62.5 Å². The molecule has 0 radical (unpaired) electrons. The fourth-order valence-electron chi connectivity index (χ4n) is 2.43. The Balaban J connectivity index is 1.69. The maximum absolute atomic E-state index is 12.4. The average molecular weight is 450 g/mol. The fraction of sp³-hybridized carbons (Fsp3) is 0.105. The number of anilines is 2. The summed E-state index contributed by atoms with van der Waals surface area (Å²) in [5, 5.41) is 2.17. The summed E-state index contributed by atoms with van der Waals surface area (Å²) >= 11 is 0. The van der Waals surface area contributed by atoms with Gasteiger partial charge in [-0.15, -0.1) is 0 Å². The molecule has 0 fully saturated rings. The van der Waals surface area contributed by atoms with Gasteiger partial charge in [0.15, 0.2) is 5.76 Å². The minimum Gasteiger partial charge on any atom is -0.438 e. The van der Waals surface area contributed by atoms with Crippen molar-refractivity contribution in [2.24, 2.45) is 0 Å². The van der Waals surface area contributed by atoms with Gasteiger partial charge >= 0.3 is 0 Å². The van der Waals surface area contributed by atoms with Crippen LogP contribution < -0.4 is 14.8 Å². The standard InChI is InChI=1S/C19H19N3O6S2/c1-13-3-9-16(10-4-13)29(24,25)22-15-7-5-14(6-8-15)21-19(23)17-11-12-18(28-17)30(26,27)20-2/h3-12,20,22H,1-2H3,(H,21,23). The van der Waals surface area contributed by atoms with E-state index in [0.29, 0.717) is 11.4 Å². The van der Waals surface area contributed by atoms with Crippen molar-refractivity contribution in [2.45, 2.75) is 16.9 Å². The third-order valence-corrected chi connectivity index (χ3v) is 6.75. The molecule has 1 heterocycles. The van der Waals surface area contributed by atoms with Gasteiger partial charge in [0.25, 0.3) is 26.0 Å². The van der Waals surface area contributed by atoms with Crippen LogP contribution in [-0.2, 0) is 20.0 Å². The summed E-state index contributed by atoms with van der Waals surface area (Å²) in [6, 6.07) is 14.8. The predicted molar refractivity (Wildman–Crippen MR) is 111 cm³/mol. The minimum atomic E-state index is -3.79. The molecule has 0 aliphatic heterocycles. The van der Waals surface area contributed by atoms with E-state index in [1.54, 1.807) is 12.1 Å². The molecule has 0 atom stereocenters. The number of carbonyl (C=O) groups excluding carboxylic acids is 1. The Morgan fingerprint density at radius 2 is 1.40 bits per heavy atom. The van der Waals surface area contributed by atoms with Gasteiger partial charge < -0.3 is 9.73 Å². The molecule has 0 unspecified atom stereocenters. The van der Waals surface area contributed by atoms with Crippen molar-refractivity contribution >= 4 is 37.3 Å². The van der Waals surface area contributed by atoms with E-state index < -0.39 is 26.0 Å². The number of furan rings is 1. The zero-order valence-corrected chi connectivity index (χ0v) is 17.7. The number of amides is 1. The highest BCUT2D eigenvalue weighted by molar-refractivity contribution is 7.92. The van der Waals surface area contributed by atoms with E-state index in [2.05, 4.69) is 14.8 Å². The lowest BCUT2D eigenvalue weighted by Crippen LogP contribution is -2.18. The Bertz CT molecular complexity index is 1260. The molecule has 1 amide bonds. The molecule has 11 heteroatoms. The van der Waals surface area contributed by atoms with Crippen molar-refractivity contribution in [3.05, 3.63) is 72.0 Å². The van der Waals surface area contributed by atoms with Gasteiger partial charge in [-0.3, -0.25) is 9.52 Å². The number of rotatable bonds is 7. The molecule has 3 rings (SSSR count). The molecule has 3 N–H and O–H groups in total. The number of aryl methyl sites for hydroxylation is 1. The van der Waals surface area contributed by atoms with Gasteiger partial charge in [-0.25, -0.2) is 21.6 Å². The second-order valence-electron chi connectivity index (χ2n) is 6.28. The van der Waals surface area contributed by atoms with E-state index in [0.717, 1.165) is 5.56 Å².